The smallest absolute Gasteiger partial charge is 0.248 e. The molecule has 5 nitrogen and oxygen atoms in total. The van der Waals surface area contributed by atoms with Crippen LogP contribution >= 0.6 is 37.9 Å². The predicted octanol–water partition coefficient (Wildman–Crippen LogP) is 2.22. The molecule has 2 heterocycles. The SMILES string of the molecule is O=S(=O)(Cl)c1nc(-c2ccc(Br)s2)n[nH]1. The molecule has 2 aromatic rings. The normalized spacial score (nSPS) is 11.9. The lowest BCUT2D eigenvalue weighted by atomic mass is 10.4. The fourth-order valence-electron chi connectivity index (χ4n) is 0.901. The third kappa shape index (κ3) is 2.39. The molecule has 0 spiro atoms. The van der Waals surface area contributed by atoms with Crippen molar-refractivity contribution in [3.05, 3.63) is 15.9 Å². The van der Waals surface area contributed by atoms with E-state index in [0.717, 1.165) is 8.66 Å². The Hall–Kier alpha value is -0.440. The van der Waals surface area contributed by atoms with E-state index in [1.165, 1.54) is 11.3 Å². The van der Waals surface area contributed by atoms with E-state index in [9.17, 15) is 8.42 Å². The van der Waals surface area contributed by atoms with Gasteiger partial charge in [-0.2, -0.15) is 10.1 Å². The largest absolute Gasteiger partial charge is 0.296 e. The monoisotopic (exact) mass is 327 g/mol. The second-order valence-corrected chi connectivity index (χ2v) is 7.45. The summed E-state index contributed by atoms with van der Waals surface area (Å²) in [6.45, 7) is 0. The van der Waals surface area contributed by atoms with Gasteiger partial charge in [0.2, 0.25) is 0 Å². The summed E-state index contributed by atoms with van der Waals surface area (Å²) in [6.07, 6.45) is 0. The molecular weight excluding hydrogens is 326 g/mol. The van der Waals surface area contributed by atoms with Crippen LogP contribution in [0.2, 0.25) is 0 Å². The van der Waals surface area contributed by atoms with Crippen LogP contribution in [-0.2, 0) is 9.05 Å². The van der Waals surface area contributed by atoms with Gasteiger partial charge in [0.05, 0.1) is 8.66 Å². The van der Waals surface area contributed by atoms with Gasteiger partial charge in [0.1, 0.15) is 0 Å². The minimum absolute atomic E-state index is 0.310. The maximum absolute atomic E-state index is 10.9. The summed E-state index contributed by atoms with van der Waals surface area (Å²) in [4.78, 5) is 4.52. The minimum atomic E-state index is -3.85. The summed E-state index contributed by atoms with van der Waals surface area (Å²) in [7, 11) is 1.25. The third-order valence-electron chi connectivity index (χ3n) is 1.49. The van der Waals surface area contributed by atoms with E-state index >= 15 is 0 Å². The quantitative estimate of drug-likeness (QED) is 0.858. The molecule has 0 aliphatic rings. The first kappa shape index (κ1) is 11.1. The molecule has 0 unspecified atom stereocenters. The summed E-state index contributed by atoms with van der Waals surface area (Å²) in [6, 6.07) is 3.60. The second kappa shape index (κ2) is 3.85. The lowest BCUT2D eigenvalue weighted by Gasteiger charge is -1.85. The number of hydrogen-bond acceptors (Lipinski definition) is 5. The van der Waals surface area contributed by atoms with Gasteiger partial charge in [0.25, 0.3) is 14.2 Å². The van der Waals surface area contributed by atoms with Gasteiger partial charge in [-0.15, -0.1) is 11.3 Å². The maximum atomic E-state index is 10.9. The van der Waals surface area contributed by atoms with E-state index in [2.05, 4.69) is 31.1 Å². The first-order valence-electron chi connectivity index (χ1n) is 3.59. The zero-order valence-electron chi connectivity index (χ0n) is 6.94. The topological polar surface area (TPSA) is 75.7 Å². The number of aromatic nitrogens is 3. The zero-order valence-corrected chi connectivity index (χ0v) is 10.9. The van der Waals surface area contributed by atoms with Crippen molar-refractivity contribution in [1.82, 2.24) is 15.2 Å². The summed E-state index contributed by atoms with van der Waals surface area (Å²) >= 11 is 4.68. The van der Waals surface area contributed by atoms with Gasteiger partial charge >= 0.3 is 0 Å². The fourth-order valence-corrected chi connectivity index (χ4v) is 2.78. The molecule has 0 fully saturated rings. The van der Waals surface area contributed by atoms with Crippen molar-refractivity contribution in [2.75, 3.05) is 0 Å². The molecule has 2 aromatic heterocycles. The van der Waals surface area contributed by atoms with Crippen LogP contribution in [0.5, 0.6) is 0 Å². The number of H-pyrrole nitrogens is 1. The predicted molar refractivity (Wildman–Crippen MR) is 60.4 cm³/mol. The third-order valence-corrected chi connectivity index (χ3v) is 4.19. The van der Waals surface area contributed by atoms with Crippen LogP contribution in [0, 0.1) is 0 Å². The Morgan fingerprint density at radius 2 is 2.20 bits per heavy atom. The highest BCUT2D eigenvalue weighted by Gasteiger charge is 2.17. The van der Waals surface area contributed by atoms with E-state index in [4.69, 9.17) is 10.7 Å². The zero-order chi connectivity index (χ0) is 11.1. The summed E-state index contributed by atoms with van der Waals surface area (Å²) in [5.74, 6) is 0.310. The molecule has 0 aliphatic heterocycles. The maximum Gasteiger partial charge on any atom is 0.296 e. The second-order valence-electron chi connectivity index (χ2n) is 2.51. The van der Waals surface area contributed by atoms with Gasteiger partial charge in [0, 0.05) is 10.7 Å². The average Bonchev–Trinajstić information content (AvgIpc) is 2.69. The number of hydrogen-bond donors (Lipinski definition) is 1. The number of nitrogens with zero attached hydrogens (tertiary/aromatic N) is 2. The Balaban J connectivity index is 2.44. The van der Waals surface area contributed by atoms with Gasteiger partial charge < -0.3 is 0 Å². The Labute approximate surface area is 102 Å². The van der Waals surface area contributed by atoms with E-state index < -0.39 is 9.05 Å². The van der Waals surface area contributed by atoms with Crippen molar-refractivity contribution in [3.8, 4) is 10.7 Å². The molecule has 0 saturated carbocycles. The molecule has 2 rings (SSSR count). The Morgan fingerprint density at radius 1 is 1.47 bits per heavy atom. The lowest BCUT2D eigenvalue weighted by Crippen LogP contribution is -1.92. The van der Waals surface area contributed by atoms with Crippen molar-refractivity contribution >= 4 is 47.0 Å². The molecule has 0 amide bonds. The van der Waals surface area contributed by atoms with Gasteiger partial charge in [-0.05, 0) is 28.1 Å². The molecular formula is C6H3BrClN3O2S2. The highest BCUT2D eigenvalue weighted by Crippen LogP contribution is 2.29. The molecule has 0 saturated heterocycles. The van der Waals surface area contributed by atoms with Crippen molar-refractivity contribution in [2.45, 2.75) is 5.16 Å². The van der Waals surface area contributed by atoms with Crippen LogP contribution in [-0.4, -0.2) is 23.6 Å². The molecule has 80 valence electrons. The summed E-state index contributed by atoms with van der Waals surface area (Å²) < 4.78 is 22.7. The molecule has 0 aliphatic carbocycles. The molecule has 9 heteroatoms. The van der Waals surface area contributed by atoms with Gasteiger partial charge in [-0.1, -0.05) is 0 Å². The Morgan fingerprint density at radius 3 is 2.67 bits per heavy atom. The molecule has 15 heavy (non-hydrogen) atoms. The number of nitrogens with one attached hydrogen (secondary N) is 1. The summed E-state index contributed by atoms with van der Waals surface area (Å²) in [5.41, 5.74) is 0. The Bertz CT molecular complexity index is 591. The van der Waals surface area contributed by atoms with Crippen molar-refractivity contribution in [3.63, 3.8) is 0 Å². The highest BCUT2D eigenvalue weighted by atomic mass is 79.9. The number of halogens is 2. The minimum Gasteiger partial charge on any atom is -0.248 e. The van der Waals surface area contributed by atoms with Gasteiger partial charge in [0.15, 0.2) is 5.82 Å². The number of rotatable bonds is 2. The van der Waals surface area contributed by atoms with Gasteiger partial charge in [-0.3, -0.25) is 0 Å². The van der Waals surface area contributed by atoms with Gasteiger partial charge in [-0.25, -0.2) is 13.5 Å². The molecule has 0 aromatic carbocycles. The van der Waals surface area contributed by atoms with Crippen molar-refractivity contribution < 1.29 is 8.42 Å². The first-order chi connectivity index (χ1) is 6.97. The van der Waals surface area contributed by atoms with Crippen LogP contribution in [0.4, 0.5) is 0 Å². The highest BCUT2D eigenvalue weighted by molar-refractivity contribution is 9.11. The number of aromatic amines is 1. The number of thiophene rings is 1. The van der Waals surface area contributed by atoms with E-state index in [0.29, 0.717) is 5.82 Å². The summed E-state index contributed by atoms with van der Waals surface area (Å²) in [5, 5.41) is 5.68. The molecule has 1 N–H and O–H groups in total. The average molecular weight is 329 g/mol. The fraction of sp³-hybridized carbons (Fsp3) is 0. The van der Waals surface area contributed by atoms with E-state index in [1.54, 1.807) is 6.07 Å². The van der Waals surface area contributed by atoms with Crippen LogP contribution in [0.25, 0.3) is 10.7 Å². The van der Waals surface area contributed by atoms with Crippen LogP contribution in [0.15, 0.2) is 21.1 Å². The van der Waals surface area contributed by atoms with Crippen molar-refractivity contribution in [1.29, 1.82) is 0 Å². The molecule has 0 bridgehead atoms. The van der Waals surface area contributed by atoms with E-state index in [1.807, 2.05) is 6.07 Å². The first-order valence-corrected chi connectivity index (χ1v) is 7.51. The van der Waals surface area contributed by atoms with Crippen LogP contribution < -0.4 is 0 Å². The van der Waals surface area contributed by atoms with Crippen LogP contribution in [0.1, 0.15) is 0 Å². The lowest BCUT2D eigenvalue weighted by molar-refractivity contribution is 0.602. The Kier molecular flexibility index (Phi) is 2.84. The molecule has 0 radical (unpaired) electrons. The van der Waals surface area contributed by atoms with E-state index in [-0.39, 0.29) is 5.16 Å². The van der Waals surface area contributed by atoms with Crippen molar-refractivity contribution in [2.24, 2.45) is 0 Å². The van der Waals surface area contributed by atoms with Crippen LogP contribution in [0.3, 0.4) is 0 Å². The molecule has 0 atom stereocenters. The standard InChI is InChI=1S/C6H3BrClN3O2S2/c7-4-2-1-3(14-4)5-9-6(11-10-5)15(8,12)13/h1-2H,(H,9,10,11).